The Kier molecular flexibility index (Phi) is 5.04. The van der Waals surface area contributed by atoms with E-state index in [0.717, 1.165) is 21.1 Å². The van der Waals surface area contributed by atoms with Crippen LogP contribution in [0, 0.1) is 6.92 Å². The fraction of sp³-hybridized carbons (Fsp3) is 0.100. The van der Waals surface area contributed by atoms with Crippen molar-refractivity contribution in [2.45, 2.75) is 13.3 Å². The summed E-state index contributed by atoms with van der Waals surface area (Å²) < 4.78 is 0. The number of anilines is 1. The molecule has 0 unspecified atom stereocenters. The van der Waals surface area contributed by atoms with E-state index in [1.54, 1.807) is 5.38 Å². The van der Waals surface area contributed by atoms with E-state index in [2.05, 4.69) is 20.5 Å². The fourth-order valence-electron chi connectivity index (χ4n) is 2.51. The first-order valence-corrected chi connectivity index (χ1v) is 10.1. The maximum Gasteiger partial charge on any atom is 0.276 e. The van der Waals surface area contributed by atoms with E-state index in [1.165, 1.54) is 28.2 Å². The highest BCUT2D eigenvalue weighted by Gasteiger charge is 2.14. The molecule has 0 saturated carbocycles. The molecule has 27 heavy (non-hydrogen) atoms. The van der Waals surface area contributed by atoms with Gasteiger partial charge in [-0.1, -0.05) is 71.5 Å². The quantitative estimate of drug-likeness (QED) is 0.529. The van der Waals surface area contributed by atoms with Crippen LogP contribution in [-0.4, -0.2) is 21.1 Å². The molecule has 0 radical (unpaired) electrons. The molecule has 0 spiro atoms. The molecule has 134 valence electrons. The number of carbonyl (C=O) groups excluding carboxylic acids is 1. The molecule has 0 saturated heterocycles. The third kappa shape index (κ3) is 4.27. The van der Waals surface area contributed by atoms with Gasteiger partial charge in [-0.3, -0.25) is 10.1 Å². The number of hydrogen-bond acceptors (Lipinski definition) is 6. The Morgan fingerprint density at radius 1 is 1.04 bits per heavy atom. The number of benzene rings is 2. The number of aromatic nitrogens is 3. The average molecular weight is 393 g/mol. The smallest absolute Gasteiger partial charge is 0.276 e. The van der Waals surface area contributed by atoms with Gasteiger partial charge in [0.2, 0.25) is 5.13 Å². The number of aryl methyl sites for hydroxylation is 1. The molecule has 5 nitrogen and oxygen atoms in total. The summed E-state index contributed by atoms with van der Waals surface area (Å²) in [6.45, 7) is 2.04. The normalized spacial score (nSPS) is 10.7. The SMILES string of the molecule is Cc1ccc(-c2nc(C(=O)Nc3nnc(Cc4ccccc4)s3)cs2)cc1. The molecule has 0 aliphatic heterocycles. The van der Waals surface area contributed by atoms with E-state index in [0.29, 0.717) is 17.2 Å². The largest absolute Gasteiger partial charge is 0.295 e. The zero-order valence-corrected chi connectivity index (χ0v) is 16.2. The zero-order chi connectivity index (χ0) is 18.6. The minimum absolute atomic E-state index is 0.271. The number of carbonyl (C=O) groups is 1. The second-order valence-electron chi connectivity index (χ2n) is 6.02. The van der Waals surface area contributed by atoms with E-state index >= 15 is 0 Å². The minimum atomic E-state index is -0.271. The monoisotopic (exact) mass is 392 g/mol. The van der Waals surface area contributed by atoms with Crippen LogP contribution in [-0.2, 0) is 6.42 Å². The lowest BCUT2D eigenvalue weighted by Crippen LogP contribution is -2.12. The third-order valence-corrected chi connectivity index (χ3v) is 5.65. The molecule has 1 N–H and O–H groups in total. The standard InChI is InChI=1S/C20H16N4OS2/c1-13-7-9-15(10-8-13)19-21-16(12-26-19)18(25)22-20-24-23-17(27-20)11-14-5-3-2-4-6-14/h2-10,12H,11H2,1H3,(H,22,24,25). The molecular weight excluding hydrogens is 376 g/mol. The highest BCUT2D eigenvalue weighted by Crippen LogP contribution is 2.25. The summed E-state index contributed by atoms with van der Waals surface area (Å²) >= 11 is 2.83. The van der Waals surface area contributed by atoms with Gasteiger partial charge in [0, 0.05) is 17.4 Å². The van der Waals surface area contributed by atoms with Crippen molar-refractivity contribution in [2.75, 3.05) is 5.32 Å². The Bertz CT molecular complexity index is 1060. The van der Waals surface area contributed by atoms with Gasteiger partial charge in [0.25, 0.3) is 5.91 Å². The van der Waals surface area contributed by atoms with Crippen LogP contribution in [0.25, 0.3) is 10.6 Å². The average Bonchev–Trinajstić information content (AvgIpc) is 3.33. The summed E-state index contributed by atoms with van der Waals surface area (Å²) in [5, 5.41) is 14.9. The van der Waals surface area contributed by atoms with Gasteiger partial charge >= 0.3 is 0 Å². The van der Waals surface area contributed by atoms with Crippen molar-refractivity contribution in [2.24, 2.45) is 0 Å². The molecule has 7 heteroatoms. The van der Waals surface area contributed by atoms with Gasteiger partial charge in [0.15, 0.2) is 0 Å². The molecule has 0 bridgehead atoms. The van der Waals surface area contributed by atoms with Crippen molar-refractivity contribution in [1.82, 2.24) is 15.2 Å². The lowest BCUT2D eigenvalue weighted by Gasteiger charge is -1.98. The Morgan fingerprint density at radius 3 is 2.59 bits per heavy atom. The summed E-state index contributed by atoms with van der Waals surface area (Å²) in [5.74, 6) is -0.271. The highest BCUT2D eigenvalue weighted by atomic mass is 32.1. The summed E-state index contributed by atoms with van der Waals surface area (Å²) in [4.78, 5) is 16.9. The topological polar surface area (TPSA) is 67.8 Å². The highest BCUT2D eigenvalue weighted by molar-refractivity contribution is 7.15. The van der Waals surface area contributed by atoms with Crippen LogP contribution >= 0.6 is 22.7 Å². The molecule has 4 aromatic rings. The molecule has 1 amide bonds. The minimum Gasteiger partial charge on any atom is -0.295 e. The van der Waals surface area contributed by atoms with E-state index in [4.69, 9.17) is 0 Å². The molecule has 2 aromatic heterocycles. The van der Waals surface area contributed by atoms with Crippen molar-refractivity contribution in [3.05, 3.63) is 81.8 Å². The number of nitrogens with one attached hydrogen (secondary N) is 1. The van der Waals surface area contributed by atoms with Gasteiger partial charge < -0.3 is 0 Å². The number of nitrogens with zero attached hydrogens (tertiary/aromatic N) is 3. The molecule has 0 fully saturated rings. The Hall–Kier alpha value is -2.90. The molecule has 4 rings (SSSR count). The van der Waals surface area contributed by atoms with Crippen molar-refractivity contribution in [3.63, 3.8) is 0 Å². The van der Waals surface area contributed by atoms with Gasteiger partial charge in [-0.2, -0.15) is 0 Å². The Morgan fingerprint density at radius 2 is 1.81 bits per heavy atom. The predicted octanol–water partition coefficient (Wildman–Crippen LogP) is 4.81. The van der Waals surface area contributed by atoms with Gasteiger partial charge in [0.1, 0.15) is 15.7 Å². The van der Waals surface area contributed by atoms with Gasteiger partial charge in [-0.25, -0.2) is 4.98 Å². The van der Waals surface area contributed by atoms with Crippen LogP contribution in [0.1, 0.15) is 26.6 Å². The first-order valence-electron chi connectivity index (χ1n) is 8.37. The van der Waals surface area contributed by atoms with Crippen molar-refractivity contribution in [1.29, 1.82) is 0 Å². The Balaban J connectivity index is 1.43. The summed E-state index contributed by atoms with van der Waals surface area (Å²) in [6, 6.07) is 18.1. The first kappa shape index (κ1) is 17.5. The summed E-state index contributed by atoms with van der Waals surface area (Å²) in [5.41, 5.74) is 3.74. The van der Waals surface area contributed by atoms with E-state index < -0.39 is 0 Å². The van der Waals surface area contributed by atoms with E-state index in [1.807, 2.05) is 61.5 Å². The molecular formula is C20H16N4OS2. The zero-order valence-electron chi connectivity index (χ0n) is 14.5. The van der Waals surface area contributed by atoms with Crippen molar-refractivity contribution in [3.8, 4) is 10.6 Å². The predicted molar refractivity (Wildman–Crippen MR) is 109 cm³/mol. The van der Waals surface area contributed by atoms with E-state index in [-0.39, 0.29) is 5.91 Å². The maximum atomic E-state index is 12.5. The lowest BCUT2D eigenvalue weighted by molar-refractivity contribution is 0.102. The number of thiazole rings is 1. The van der Waals surface area contributed by atoms with Crippen LogP contribution in [0.3, 0.4) is 0 Å². The number of rotatable bonds is 5. The van der Waals surface area contributed by atoms with Crippen LogP contribution < -0.4 is 5.32 Å². The molecule has 0 aliphatic rings. The summed E-state index contributed by atoms with van der Waals surface area (Å²) in [7, 11) is 0. The third-order valence-electron chi connectivity index (χ3n) is 3.92. The second kappa shape index (κ2) is 7.77. The van der Waals surface area contributed by atoms with Crippen molar-refractivity contribution < 1.29 is 4.79 Å². The lowest BCUT2D eigenvalue weighted by atomic mass is 10.2. The molecule has 2 aromatic carbocycles. The van der Waals surface area contributed by atoms with Crippen LogP contribution in [0.2, 0.25) is 0 Å². The number of hydrogen-bond donors (Lipinski definition) is 1. The van der Waals surface area contributed by atoms with Gasteiger partial charge in [-0.05, 0) is 12.5 Å². The Labute approximate surface area is 164 Å². The molecule has 0 atom stereocenters. The van der Waals surface area contributed by atoms with Crippen LogP contribution in [0.15, 0.2) is 60.0 Å². The van der Waals surface area contributed by atoms with Crippen molar-refractivity contribution >= 4 is 33.7 Å². The van der Waals surface area contributed by atoms with Gasteiger partial charge in [0.05, 0.1) is 0 Å². The second-order valence-corrected chi connectivity index (χ2v) is 7.94. The summed E-state index contributed by atoms with van der Waals surface area (Å²) in [6.07, 6.45) is 0.697. The van der Waals surface area contributed by atoms with Crippen LogP contribution in [0.4, 0.5) is 5.13 Å². The first-order chi connectivity index (χ1) is 13.2. The van der Waals surface area contributed by atoms with E-state index in [9.17, 15) is 4.79 Å². The number of amides is 1. The van der Waals surface area contributed by atoms with Gasteiger partial charge in [-0.15, -0.1) is 21.5 Å². The maximum absolute atomic E-state index is 12.5. The van der Waals surface area contributed by atoms with Crippen LogP contribution in [0.5, 0.6) is 0 Å². The molecule has 2 heterocycles. The fourth-order valence-corrected chi connectivity index (χ4v) is 4.09. The molecule has 0 aliphatic carbocycles.